The van der Waals surface area contributed by atoms with E-state index < -0.39 is 0 Å². The van der Waals surface area contributed by atoms with Gasteiger partial charge in [-0.1, -0.05) is 140 Å². The predicted molar refractivity (Wildman–Crippen MR) is 210 cm³/mol. The highest BCUT2D eigenvalue weighted by Gasteiger charge is 2.18. The molecule has 2 heterocycles. The Morgan fingerprint density at radius 1 is 0.440 bits per heavy atom. The van der Waals surface area contributed by atoms with Crippen molar-refractivity contribution in [3.8, 4) is 11.4 Å². The molecule has 0 unspecified atom stereocenters. The molecule has 0 aliphatic heterocycles. The fraction of sp³-hybridized carbons (Fsp3) is 0.0217. The van der Waals surface area contributed by atoms with E-state index in [1.165, 1.54) is 21.5 Å². The first-order valence-electron chi connectivity index (χ1n) is 17.0. The maximum atomic E-state index is 7.21. The molecule has 0 amide bonds. The van der Waals surface area contributed by atoms with E-state index in [0.717, 1.165) is 55.8 Å². The zero-order chi connectivity index (χ0) is 33.4. The monoisotopic (exact) mass is 642 g/mol. The Balaban J connectivity index is 1.26. The molecule has 4 heteroatoms. The first-order valence-corrected chi connectivity index (χ1v) is 17.0. The molecule has 9 rings (SSSR count). The molecule has 0 saturated heterocycles. The number of aromatic nitrogens is 2. The molecule has 7 aromatic carbocycles. The molecule has 0 radical (unpaired) electrons. The Hall–Kier alpha value is -6.65. The molecule has 0 aliphatic carbocycles. The molecule has 2 N–H and O–H groups in total. The van der Waals surface area contributed by atoms with Crippen molar-refractivity contribution in [2.45, 2.75) is 6.54 Å². The highest BCUT2D eigenvalue weighted by Crippen LogP contribution is 2.36. The average Bonchev–Trinajstić information content (AvgIpc) is 3.70. The minimum absolute atomic E-state index is 0.524. The number of para-hydroxylation sites is 6. The largest absolute Gasteiger partial charge is 0.398 e. The number of aliphatic imine (C=N–C) groups is 1. The van der Waals surface area contributed by atoms with Crippen LogP contribution in [0.15, 0.2) is 187 Å². The second-order valence-electron chi connectivity index (χ2n) is 12.6. The van der Waals surface area contributed by atoms with Gasteiger partial charge in [0.05, 0.1) is 45.7 Å². The quantitative estimate of drug-likeness (QED) is 0.173. The zero-order valence-electron chi connectivity index (χ0n) is 27.4. The van der Waals surface area contributed by atoms with Gasteiger partial charge in [0.15, 0.2) is 0 Å². The highest BCUT2D eigenvalue weighted by molar-refractivity contribution is 6.16. The third-order valence-electron chi connectivity index (χ3n) is 9.60. The van der Waals surface area contributed by atoms with Gasteiger partial charge in [0.2, 0.25) is 0 Å². The van der Waals surface area contributed by atoms with Gasteiger partial charge in [-0.2, -0.15) is 0 Å². The van der Waals surface area contributed by atoms with E-state index in [9.17, 15) is 0 Å². The third kappa shape index (κ3) is 4.97. The van der Waals surface area contributed by atoms with Gasteiger partial charge in [-0.25, -0.2) is 0 Å². The highest BCUT2D eigenvalue weighted by atomic mass is 15.0. The number of nitrogens with zero attached hydrogens (tertiary/aromatic N) is 3. The van der Waals surface area contributed by atoms with Gasteiger partial charge in [0.25, 0.3) is 0 Å². The molecule has 4 nitrogen and oxygen atoms in total. The summed E-state index contributed by atoms with van der Waals surface area (Å²) in [5.74, 6) is 0. The smallest absolute Gasteiger partial charge is 0.0692 e. The summed E-state index contributed by atoms with van der Waals surface area (Å²) in [5.41, 5.74) is 18.4. The zero-order valence-corrected chi connectivity index (χ0v) is 27.4. The van der Waals surface area contributed by atoms with Gasteiger partial charge in [-0.05, 0) is 48.0 Å². The molecule has 9 aromatic rings. The van der Waals surface area contributed by atoms with Crippen LogP contribution in [0, 0.1) is 0 Å². The van der Waals surface area contributed by atoms with E-state index in [2.05, 4.69) is 185 Å². The lowest BCUT2D eigenvalue weighted by molar-refractivity contribution is 1.07. The van der Waals surface area contributed by atoms with E-state index in [1.807, 2.05) is 6.07 Å². The Morgan fingerprint density at radius 2 is 0.820 bits per heavy atom. The lowest BCUT2D eigenvalue weighted by Gasteiger charge is -2.16. The molecule has 2 aromatic heterocycles. The van der Waals surface area contributed by atoms with Crippen molar-refractivity contribution >= 4 is 55.0 Å². The van der Waals surface area contributed by atoms with Crippen molar-refractivity contribution in [1.29, 1.82) is 0 Å². The fourth-order valence-electron chi connectivity index (χ4n) is 7.36. The molecule has 0 saturated carbocycles. The Bertz CT molecular complexity index is 2640. The fourth-order valence-corrected chi connectivity index (χ4v) is 7.36. The van der Waals surface area contributed by atoms with Gasteiger partial charge in [0, 0.05) is 38.4 Å². The van der Waals surface area contributed by atoms with Gasteiger partial charge >= 0.3 is 0 Å². The van der Waals surface area contributed by atoms with Crippen molar-refractivity contribution < 1.29 is 0 Å². The van der Waals surface area contributed by atoms with Crippen LogP contribution in [-0.2, 0) is 6.54 Å². The van der Waals surface area contributed by atoms with E-state index in [-0.39, 0.29) is 0 Å². The number of nitrogens with two attached hydrogens (primary N) is 1. The summed E-state index contributed by atoms with van der Waals surface area (Å²) in [4.78, 5) is 5.29. The minimum atomic E-state index is 0.524. The Kier molecular flexibility index (Phi) is 7.33. The molecule has 50 heavy (non-hydrogen) atoms. The van der Waals surface area contributed by atoms with Crippen molar-refractivity contribution in [2.24, 2.45) is 10.7 Å². The molecule has 0 atom stereocenters. The number of hydrogen-bond acceptors (Lipinski definition) is 2. The van der Waals surface area contributed by atoms with Crippen LogP contribution in [0.25, 0.3) is 60.7 Å². The number of benzene rings is 7. The number of fused-ring (bicyclic) bond motifs is 6. The van der Waals surface area contributed by atoms with Crippen LogP contribution in [0.4, 0.5) is 0 Å². The molecule has 0 fully saturated rings. The molecule has 0 aliphatic rings. The summed E-state index contributed by atoms with van der Waals surface area (Å²) in [5, 5.41) is 4.86. The summed E-state index contributed by atoms with van der Waals surface area (Å²) >= 11 is 0. The van der Waals surface area contributed by atoms with E-state index >= 15 is 0 Å². The lowest BCUT2D eigenvalue weighted by Crippen LogP contribution is -2.10. The number of rotatable bonds is 7. The topological polar surface area (TPSA) is 48.2 Å². The number of allylic oxidation sites excluding steroid dienone is 1. The third-order valence-corrected chi connectivity index (χ3v) is 9.60. The SMILES string of the molecule is N/C(=C\C(=NCc1ccccc1)c1ccccc1-n1c2ccccc2c2ccccc21)c1ccccc1-n1c2ccccc2c2ccccc21. The summed E-state index contributed by atoms with van der Waals surface area (Å²) in [6.07, 6.45) is 2.06. The van der Waals surface area contributed by atoms with Gasteiger partial charge in [0.1, 0.15) is 0 Å². The molecule has 238 valence electrons. The van der Waals surface area contributed by atoms with Crippen LogP contribution in [0.2, 0.25) is 0 Å². The van der Waals surface area contributed by atoms with E-state index in [4.69, 9.17) is 10.7 Å². The molecule has 0 spiro atoms. The second kappa shape index (κ2) is 12.4. The summed E-state index contributed by atoms with van der Waals surface area (Å²) in [7, 11) is 0. The van der Waals surface area contributed by atoms with Crippen molar-refractivity contribution in [3.63, 3.8) is 0 Å². The first kappa shape index (κ1) is 29.5. The molecular weight excluding hydrogens is 609 g/mol. The Morgan fingerprint density at radius 3 is 1.32 bits per heavy atom. The van der Waals surface area contributed by atoms with Crippen molar-refractivity contribution in [1.82, 2.24) is 9.13 Å². The van der Waals surface area contributed by atoms with Gasteiger partial charge in [-0.15, -0.1) is 0 Å². The molecule has 0 bridgehead atoms. The van der Waals surface area contributed by atoms with Crippen molar-refractivity contribution in [2.75, 3.05) is 0 Å². The first-order chi connectivity index (χ1) is 24.8. The van der Waals surface area contributed by atoms with Crippen LogP contribution >= 0.6 is 0 Å². The minimum Gasteiger partial charge on any atom is -0.398 e. The second-order valence-corrected chi connectivity index (χ2v) is 12.6. The number of hydrogen-bond donors (Lipinski definition) is 1. The van der Waals surface area contributed by atoms with Crippen LogP contribution < -0.4 is 5.73 Å². The van der Waals surface area contributed by atoms with E-state index in [0.29, 0.717) is 12.2 Å². The van der Waals surface area contributed by atoms with Crippen LogP contribution in [0.1, 0.15) is 16.7 Å². The van der Waals surface area contributed by atoms with Crippen LogP contribution in [-0.4, -0.2) is 14.8 Å². The van der Waals surface area contributed by atoms with E-state index in [1.54, 1.807) is 0 Å². The van der Waals surface area contributed by atoms with Gasteiger partial charge in [-0.3, -0.25) is 4.99 Å². The standard InChI is InChI=1S/C46H34N4/c47-39(37-22-8-14-28-45(37)49-41-24-10-4-18-33(41)34-19-5-11-25-42(34)49)30-40(48-31-32-16-2-1-3-17-32)38-23-9-15-29-46(38)50-43-26-12-6-20-35(43)36-21-7-13-27-44(36)50/h1-30H,31,47H2/b39-30-,48-40?. The normalized spacial score (nSPS) is 12.4. The van der Waals surface area contributed by atoms with Gasteiger partial charge < -0.3 is 14.9 Å². The average molecular weight is 643 g/mol. The summed E-state index contributed by atoms with van der Waals surface area (Å²) in [6, 6.07) is 61.7. The maximum absolute atomic E-state index is 7.21. The maximum Gasteiger partial charge on any atom is 0.0692 e. The summed E-state index contributed by atoms with van der Waals surface area (Å²) < 4.78 is 4.68. The van der Waals surface area contributed by atoms with Crippen molar-refractivity contribution in [3.05, 3.63) is 199 Å². The van der Waals surface area contributed by atoms with Crippen LogP contribution in [0.5, 0.6) is 0 Å². The lowest BCUT2D eigenvalue weighted by atomic mass is 10.0. The predicted octanol–water partition coefficient (Wildman–Crippen LogP) is 10.9. The van der Waals surface area contributed by atoms with Crippen LogP contribution in [0.3, 0.4) is 0 Å². The summed E-state index contributed by atoms with van der Waals surface area (Å²) in [6.45, 7) is 0.524. The molecular formula is C46H34N4. The Labute approximate surface area is 290 Å².